The molecule has 0 amide bonds. The first kappa shape index (κ1) is 8.21. The van der Waals surface area contributed by atoms with Gasteiger partial charge in [-0.25, -0.2) is 4.39 Å². The largest absolute Gasteiger partial charge is 0.323 e. The monoisotopic (exact) mass is 152 g/mol. The van der Waals surface area contributed by atoms with Gasteiger partial charge in [-0.2, -0.15) is 0 Å². The lowest BCUT2D eigenvalue weighted by atomic mass is 10.1. The quantitative estimate of drug-likeness (QED) is 0.688. The number of rotatable bonds is 2. The fraction of sp³-hybridized carbons (Fsp3) is 0.222. The molecular formula is C9H11FN. The molecule has 59 valence electrons. The van der Waals surface area contributed by atoms with Gasteiger partial charge in [0.2, 0.25) is 0 Å². The second-order valence-corrected chi connectivity index (χ2v) is 2.65. The molecule has 0 fully saturated rings. The lowest BCUT2D eigenvalue weighted by Crippen LogP contribution is -2.07. The van der Waals surface area contributed by atoms with Crippen LogP contribution in [0.4, 0.5) is 4.39 Å². The summed E-state index contributed by atoms with van der Waals surface area (Å²) >= 11 is 0. The number of nitrogens with two attached hydrogens (primary N) is 1. The van der Waals surface area contributed by atoms with Gasteiger partial charge in [0.25, 0.3) is 0 Å². The van der Waals surface area contributed by atoms with Crippen molar-refractivity contribution in [3.05, 3.63) is 41.7 Å². The van der Waals surface area contributed by atoms with Crippen molar-refractivity contribution in [2.24, 2.45) is 5.73 Å². The predicted molar refractivity (Wildman–Crippen MR) is 43.2 cm³/mol. The lowest BCUT2D eigenvalue weighted by molar-refractivity contribution is 0.625. The minimum Gasteiger partial charge on any atom is -0.323 e. The van der Waals surface area contributed by atoms with Crippen LogP contribution in [0.3, 0.4) is 0 Å². The standard InChI is InChI=1S/C9H11FN/c1-7(11)5-8-3-2-4-9(10)6-8/h2-4,6H,5,11H2,1H3. The van der Waals surface area contributed by atoms with Gasteiger partial charge in [0.15, 0.2) is 0 Å². The fourth-order valence-corrected chi connectivity index (χ4v) is 0.969. The van der Waals surface area contributed by atoms with E-state index in [-0.39, 0.29) is 5.82 Å². The van der Waals surface area contributed by atoms with E-state index in [0.717, 1.165) is 11.6 Å². The topological polar surface area (TPSA) is 26.0 Å². The van der Waals surface area contributed by atoms with Crippen LogP contribution in [0.5, 0.6) is 0 Å². The Kier molecular flexibility index (Phi) is 2.60. The summed E-state index contributed by atoms with van der Waals surface area (Å²) in [5, 5.41) is 0. The molecule has 0 bridgehead atoms. The predicted octanol–water partition coefficient (Wildman–Crippen LogP) is 1.88. The Bertz CT molecular complexity index is 233. The summed E-state index contributed by atoms with van der Waals surface area (Å²) in [5.74, 6) is -0.205. The van der Waals surface area contributed by atoms with E-state index in [4.69, 9.17) is 5.73 Å². The number of benzene rings is 1. The number of hydrogen-bond acceptors (Lipinski definition) is 1. The van der Waals surface area contributed by atoms with Gasteiger partial charge in [0.05, 0.1) is 0 Å². The van der Waals surface area contributed by atoms with Crippen LogP contribution in [0.15, 0.2) is 24.3 Å². The number of halogens is 1. The van der Waals surface area contributed by atoms with Crippen molar-refractivity contribution in [2.75, 3.05) is 0 Å². The third-order valence-corrected chi connectivity index (χ3v) is 1.37. The molecule has 0 aromatic heterocycles. The normalized spacial score (nSPS) is 10.5. The molecule has 0 unspecified atom stereocenters. The zero-order chi connectivity index (χ0) is 8.27. The molecule has 0 atom stereocenters. The highest BCUT2D eigenvalue weighted by Crippen LogP contribution is 2.07. The van der Waals surface area contributed by atoms with Crippen LogP contribution in [-0.2, 0) is 6.42 Å². The molecule has 1 rings (SSSR count). The zero-order valence-corrected chi connectivity index (χ0v) is 6.47. The first-order valence-electron chi connectivity index (χ1n) is 3.51. The maximum absolute atomic E-state index is 12.6. The van der Waals surface area contributed by atoms with Crippen molar-refractivity contribution in [1.82, 2.24) is 0 Å². The first-order valence-corrected chi connectivity index (χ1v) is 3.51. The molecule has 1 aromatic rings. The second-order valence-electron chi connectivity index (χ2n) is 2.65. The Hall–Kier alpha value is -0.890. The van der Waals surface area contributed by atoms with Crippen LogP contribution in [0, 0.1) is 11.9 Å². The molecule has 1 radical (unpaired) electrons. The minimum atomic E-state index is -0.205. The zero-order valence-electron chi connectivity index (χ0n) is 6.47. The summed E-state index contributed by atoms with van der Waals surface area (Å²) in [6.07, 6.45) is 0.651. The van der Waals surface area contributed by atoms with Gasteiger partial charge in [0, 0.05) is 6.04 Å². The maximum atomic E-state index is 12.6. The summed E-state index contributed by atoms with van der Waals surface area (Å²) in [7, 11) is 0. The highest BCUT2D eigenvalue weighted by atomic mass is 19.1. The van der Waals surface area contributed by atoms with Crippen LogP contribution in [0.1, 0.15) is 12.5 Å². The van der Waals surface area contributed by atoms with Gasteiger partial charge >= 0.3 is 0 Å². The highest BCUT2D eigenvalue weighted by molar-refractivity contribution is 5.18. The lowest BCUT2D eigenvalue weighted by Gasteiger charge is -2.02. The third kappa shape index (κ3) is 2.68. The molecule has 11 heavy (non-hydrogen) atoms. The van der Waals surface area contributed by atoms with Crippen LogP contribution in [-0.4, -0.2) is 0 Å². The smallest absolute Gasteiger partial charge is 0.123 e. The van der Waals surface area contributed by atoms with Crippen LogP contribution in [0.25, 0.3) is 0 Å². The van der Waals surface area contributed by atoms with E-state index in [1.54, 1.807) is 6.07 Å². The van der Waals surface area contributed by atoms with E-state index in [1.165, 1.54) is 12.1 Å². The van der Waals surface area contributed by atoms with Gasteiger partial charge in [-0.15, -0.1) is 0 Å². The van der Waals surface area contributed by atoms with E-state index in [1.807, 2.05) is 13.0 Å². The van der Waals surface area contributed by atoms with E-state index >= 15 is 0 Å². The Morgan fingerprint density at radius 1 is 1.55 bits per heavy atom. The van der Waals surface area contributed by atoms with Gasteiger partial charge in [-0.3, -0.25) is 0 Å². The molecule has 1 nitrogen and oxygen atoms in total. The van der Waals surface area contributed by atoms with Crippen LogP contribution in [0.2, 0.25) is 0 Å². The van der Waals surface area contributed by atoms with Crippen molar-refractivity contribution >= 4 is 0 Å². The maximum Gasteiger partial charge on any atom is 0.123 e. The number of hydrogen-bond donors (Lipinski definition) is 1. The summed E-state index contributed by atoms with van der Waals surface area (Å²) in [4.78, 5) is 0. The molecule has 2 N–H and O–H groups in total. The molecular weight excluding hydrogens is 141 g/mol. The van der Waals surface area contributed by atoms with Gasteiger partial charge in [0.1, 0.15) is 5.82 Å². The minimum absolute atomic E-state index is 0.205. The van der Waals surface area contributed by atoms with Crippen molar-refractivity contribution in [3.8, 4) is 0 Å². The second kappa shape index (κ2) is 3.49. The third-order valence-electron chi connectivity index (χ3n) is 1.37. The summed E-state index contributed by atoms with van der Waals surface area (Å²) in [6.45, 7) is 1.82. The molecule has 1 aromatic carbocycles. The summed E-state index contributed by atoms with van der Waals surface area (Å²) in [6, 6.07) is 7.27. The van der Waals surface area contributed by atoms with Crippen molar-refractivity contribution in [1.29, 1.82) is 0 Å². The molecule has 0 aliphatic carbocycles. The van der Waals surface area contributed by atoms with Gasteiger partial charge in [-0.1, -0.05) is 12.1 Å². The molecule has 2 heteroatoms. The Morgan fingerprint density at radius 2 is 2.27 bits per heavy atom. The van der Waals surface area contributed by atoms with Crippen molar-refractivity contribution in [2.45, 2.75) is 13.3 Å². The van der Waals surface area contributed by atoms with E-state index < -0.39 is 0 Å². The first-order chi connectivity index (χ1) is 5.18. The SMILES string of the molecule is C[C](N)Cc1cccc(F)c1. The fourth-order valence-electron chi connectivity index (χ4n) is 0.969. The Labute approximate surface area is 66.0 Å². The van der Waals surface area contributed by atoms with Crippen molar-refractivity contribution in [3.63, 3.8) is 0 Å². The summed E-state index contributed by atoms with van der Waals surface area (Å²) < 4.78 is 12.6. The van der Waals surface area contributed by atoms with Crippen LogP contribution >= 0.6 is 0 Å². The molecule has 0 saturated heterocycles. The van der Waals surface area contributed by atoms with E-state index in [2.05, 4.69) is 0 Å². The van der Waals surface area contributed by atoms with Gasteiger partial charge in [-0.05, 0) is 31.0 Å². The average Bonchev–Trinajstić information content (AvgIpc) is 1.85. The van der Waals surface area contributed by atoms with E-state index in [0.29, 0.717) is 6.42 Å². The molecule has 0 saturated carbocycles. The van der Waals surface area contributed by atoms with Gasteiger partial charge < -0.3 is 5.73 Å². The average molecular weight is 152 g/mol. The molecule has 0 aliphatic heterocycles. The molecule has 0 heterocycles. The Balaban J connectivity index is 2.71. The van der Waals surface area contributed by atoms with Crippen molar-refractivity contribution < 1.29 is 4.39 Å². The highest BCUT2D eigenvalue weighted by Gasteiger charge is 1.98. The van der Waals surface area contributed by atoms with Crippen LogP contribution < -0.4 is 5.73 Å². The van der Waals surface area contributed by atoms with E-state index in [9.17, 15) is 4.39 Å². The molecule has 0 spiro atoms. The summed E-state index contributed by atoms with van der Waals surface area (Å²) in [5.41, 5.74) is 6.39. The molecule has 0 aliphatic rings. The Morgan fingerprint density at radius 3 is 2.82 bits per heavy atom.